The Balaban J connectivity index is 1.12. The van der Waals surface area contributed by atoms with E-state index >= 15 is 0 Å². The predicted molar refractivity (Wildman–Crippen MR) is 116 cm³/mol. The van der Waals surface area contributed by atoms with Gasteiger partial charge in [0.25, 0.3) is 6.01 Å². The van der Waals surface area contributed by atoms with Crippen molar-refractivity contribution in [3.05, 3.63) is 54.2 Å². The number of anilines is 1. The van der Waals surface area contributed by atoms with Crippen molar-refractivity contribution in [2.45, 2.75) is 32.1 Å². The number of fused-ring (bicyclic) bond motifs is 1. The lowest BCUT2D eigenvalue weighted by Gasteiger charge is -2.37. The molecule has 4 heterocycles. The summed E-state index contributed by atoms with van der Waals surface area (Å²) >= 11 is 0. The Bertz CT molecular complexity index is 954. The molecule has 3 aromatic rings. The van der Waals surface area contributed by atoms with Gasteiger partial charge in [-0.2, -0.15) is 4.98 Å². The van der Waals surface area contributed by atoms with Crippen molar-refractivity contribution < 1.29 is 9.21 Å². The monoisotopic (exact) mass is 404 g/mol. The molecule has 0 atom stereocenters. The largest absolute Gasteiger partial charge is 0.422 e. The number of hydrogen-bond donors (Lipinski definition) is 0. The molecule has 0 saturated carbocycles. The summed E-state index contributed by atoms with van der Waals surface area (Å²) in [7, 11) is 0. The van der Waals surface area contributed by atoms with Crippen molar-refractivity contribution in [1.82, 2.24) is 14.9 Å². The molecule has 156 valence electrons. The molecule has 2 aliphatic heterocycles. The molecule has 0 bridgehead atoms. The topological polar surface area (TPSA) is 62.5 Å². The van der Waals surface area contributed by atoms with Crippen molar-refractivity contribution in [1.29, 1.82) is 0 Å². The third-order valence-electron chi connectivity index (χ3n) is 6.56. The van der Waals surface area contributed by atoms with Gasteiger partial charge >= 0.3 is 0 Å². The van der Waals surface area contributed by atoms with Crippen molar-refractivity contribution in [2.24, 2.45) is 11.8 Å². The zero-order chi connectivity index (χ0) is 20.3. The highest BCUT2D eigenvalue weighted by atomic mass is 16.4. The van der Waals surface area contributed by atoms with Crippen molar-refractivity contribution in [3.8, 4) is 0 Å². The van der Waals surface area contributed by atoms with Crippen LogP contribution >= 0.6 is 0 Å². The Labute approximate surface area is 176 Å². The fraction of sp³-hybridized carbons (Fsp3) is 0.458. The number of nitrogens with zero attached hydrogens (tertiary/aromatic N) is 4. The standard InChI is InChI=1S/C24H28N4O2/c29-23(27-13-8-19(9-14-27)17-18-5-2-1-3-6-18)20-10-15-28(16-11-20)24-26-22-21(30-24)7-4-12-25-22/h1-7,12,19-20H,8-11,13-17H2. The molecule has 5 rings (SSSR count). The molecular formula is C24H28N4O2. The molecule has 2 aromatic heterocycles. The van der Waals surface area contributed by atoms with Crippen LogP contribution in [0.5, 0.6) is 0 Å². The van der Waals surface area contributed by atoms with Crippen LogP contribution in [0.25, 0.3) is 11.2 Å². The normalized spacial score (nSPS) is 18.8. The minimum atomic E-state index is 0.120. The number of benzene rings is 1. The highest BCUT2D eigenvalue weighted by molar-refractivity contribution is 5.79. The number of likely N-dealkylation sites (tertiary alicyclic amines) is 1. The number of carbonyl (C=O) groups is 1. The SMILES string of the molecule is O=C(C1CCN(c2nc3ncccc3o2)CC1)N1CCC(Cc2ccccc2)CC1. The number of amides is 1. The summed E-state index contributed by atoms with van der Waals surface area (Å²) in [5, 5.41) is 0. The summed E-state index contributed by atoms with van der Waals surface area (Å²) in [5.74, 6) is 1.15. The molecule has 2 aliphatic rings. The third kappa shape index (κ3) is 4.04. The fourth-order valence-corrected chi connectivity index (χ4v) is 4.77. The lowest BCUT2D eigenvalue weighted by atomic mass is 9.88. The minimum Gasteiger partial charge on any atom is -0.422 e. The van der Waals surface area contributed by atoms with Gasteiger partial charge in [-0.15, -0.1) is 0 Å². The Kier molecular flexibility index (Phi) is 5.39. The molecular weight excluding hydrogens is 376 g/mol. The summed E-state index contributed by atoms with van der Waals surface area (Å²) in [6.45, 7) is 3.39. The van der Waals surface area contributed by atoms with Crippen molar-refractivity contribution >= 4 is 23.2 Å². The average molecular weight is 405 g/mol. The molecule has 30 heavy (non-hydrogen) atoms. The lowest BCUT2D eigenvalue weighted by molar-refractivity contribution is -0.137. The molecule has 0 radical (unpaired) electrons. The Morgan fingerprint density at radius 1 is 0.967 bits per heavy atom. The van der Waals surface area contributed by atoms with E-state index < -0.39 is 0 Å². The number of rotatable bonds is 4. The maximum atomic E-state index is 13.1. The van der Waals surface area contributed by atoms with Crippen molar-refractivity contribution in [2.75, 3.05) is 31.1 Å². The first-order valence-corrected chi connectivity index (χ1v) is 11.1. The number of piperidine rings is 2. The third-order valence-corrected chi connectivity index (χ3v) is 6.56. The van der Waals surface area contributed by atoms with Gasteiger partial charge in [0.2, 0.25) is 11.6 Å². The van der Waals surface area contributed by atoms with Crippen LogP contribution in [0.4, 0.5) is 6.01 Å². The number of pyridine rings is 1. The molecule has 0 aliphatic carbocycles. The first kappa shape index (κ1) is 19.1. The second-order valence-corrected chi connectivity index (χ2v) is 8.54. The van der Waals surface area contributed by atoms with E-state index in [2.05, 4.69) is 50.1 Å². The van der Waals surface area contributed by atoms with E-state index in [1.165, 1.54) is 5.56 Å². The smallest absolute Gasteiger partial charge is 0.299 e. The molecule has 0 N–H and O–H groups in total. The van der Waals surface area contributed by atoms with E-state index in [4.69, 9.17) is 4.42 Å². The zero-order valence-corrected chi connectivity index (χ0v) is 17.2. The first-order chi connectivity index (χ1) is 14.8. The van der Waals surface area contributed by atoms with E-state index in [1.54, 1.807) is 6.20 Å². The van der Waals surface area contributed by atoms with Crippen LogP contribution < -0.4 is 4.90 Å². The number of aromatic nitrogens is 2. The van der Waals surface area contributed by atoms with Gasteiger partial charge in [-0.25, -0.2) is 4.98 Å². The van der Waals surface area contributed by atoms with E-state index in [9.17, 15) is 4.79 Å². The van der Waals surface area contributed by atoms with Gasteiger partial charge in [0.15, 0.2) is 5.58 Å². The Hall–Kier alpha value is -2.89. The van der Waals surface area contributed by atoms with Crippen LogP contribution in [0.2, 0.25) is 0 Å². The van der Waals surface area contributed by atoms with Gasteiger partial charge in [-0.3, -0.25) is 4.79 Å². The second-order valence-electron chi connectivity index (χ2n) is 8.54. The maximum absolute atomic E-state index is 13.1. The van der Waals surface area contributed by atoms with E-state index in [1.807, 2.05) is 12.1 Å². The van der Waals surface area contributed by atoms with Crippen LogP contribution in [-0.2, 0) is 11.2 Å². The Morgan fingerprint density at radius 3 is 2.47 bits per heavy atom. The highest BCUT2D eigenvalue weighted by Crippen LogP contribution is 2.28. The quantitative estimate of drug-likeness (QED) is 0.660. The number of oxazole rings is 1. The molecule has 1 aromatic carbocycles. The van der Waals surface area contributed by atoms with Crippen LogP contribution in [0.1, 0.15) is 31.2 Å². The Morgan fingerprint density at radius 2 is 1.73 bits per heavy atom. The molecule has 2 saturated heterocycles. The zero-order valence-electron chi connectivity index (χ0n) is 17.2. The molecule has 6 nitrogen and oxygen atoms in total. The van der Waals surface area contributed by atoms with Gasteiger partial charge in [-0.1, -0.05) is 30.3 Å². The summed E-state index contributed by atoms with van der Waals surface area (Å²) in [5.41, 5.74) is 2.76. The highest BCUT2D eigenvalue weighted by Gasteiger charge is 2.32. The lowest BCUT2D eigenvalue weighted by Crippen LogP contribution is -2.45. The van der Waals surface area contributed by atoms with E-state index in [0.29, 0.717) is 29.1 Å². The van der Waals surface area contributed by atoms with Gasteiger partial charge in [0, 0.05) is 38.3 Å². The van der Waals surface area contributed by atoms with Gasteiger partial charge < -0.3 is 14.2 Å². The summed E-state index contributed by atoms with van der Waals surface area (Å²) in [6, 6.07) is 15.1. The number of hydrogen-bond acceptors (Lipinski definition) is 5. The summed E-state index contributed by atoms with van der Waals surface area (Å²) in [6.07, 6.45) is 6.78. The molecule has 6 heteroatoms. The maximum Gasteiger partial charge on any atom is 0.299 e. The van der Waals surface area contributed by atoms with Crippen molar-refractivity contribution in [3.63, 3.8) is 0 Å². The minimum absolute atomic E-state index is 0.120. The van der Waals surface area contributed by atoms with Gasteiger partial charge in [0.1, 0.15) is 0 Å². The van der Waals surface area contributed by atoms with Crippen LogP contribution in [-0.4, -0.2) is 47.0 Å². The summed E-state index contributed by atoms with van der Waals surface area (Å²) < 4.78 is 5.84. The van der Waals surface area contributed by atoms with Gasteiger partial charge in [0.05, 0.1) is 0 Å². The fourth-order valence-electron chi connectivity index (χ4n) is 4.77. The van der Waals surface area contributed by atoms with Gasteiger partial charge in [-0.05, 0) is 55.7 Å². The predicted octanol–water partition coefficient (Wildman–Crippen LogP) is 3.92. The van der Waals surface area contributed by atoms with E-state index in [-0.39, 0.29) is 5.92 Å². The molecule has 2 fully saturated rings. The van der Waals surface area contributed by atoms with E-state index in [0.717, 1.165) is 58.3 Å². The molecule has 1 amide bonds. The summed E-state index contributed by atoms with van der Waals surface area (Å²) in [4.78, 5) is 26.0. The number of carbonyl (C=O) groups excluding carboxylic acids is 1. The van der Waals surface area contributed by atoms with Crippen LogP contribution in [0.15, 0.2) is 53.1 Å². The average Bonchev–Trinajstić information content (AvgIpc) is 3.24. The second kappa shape index (κ2) is 8.46. The van der Waals surface area contributed by atoms with Crippen LogP contribution in [0, 0.1) is 11.8 Å². The first-order valence-electron chi connectivity index (χ1n) is 11.1. The van der Waals surface area contributed by atoms with Crippen LogP contribution in [0.3, 0.4) is 0 Å². The molecule has 0 unspecified atom stereocenters. The molecule has 0 spiro atoms.